The van der Waals surface area contributed by atoms with Gasteiger partial charge in [-0.2, -0.15) is 13.2 Å². The molecule has 7 heteroatoms. The van der Waals surface area contributed by atoms with Crippen molar-refractivity contribution in [3.8, 4) is 0 Å². The van der Waals surface area contributed by atoms with Crippen LogP contribution in [-0.4, -0.2) is 35.4 Å². The van der Waals surface area contributed by atoms with Gasteiger partial charge in [0, 0.05) is 19.3 Å². The number of hydrogen-bond acceptors (Lipinski definition) is 3. The molecule has 0 saturated carbocycles. The van der Waals surface area contributed by atoms with Crippen LogP contribution in [0.25, 0.3) is 0 Å². The van der Waals surface area contributed by atoms with E-state index in [2.05, 4.69) is 4.98 Å². The molecule has 0 spiro atoms. The normalized spacial score (nSPS) is 17.0. The molecule has 116 valence electrons. The van der Waals surface area contributed by atoms with E-state index in [1.807, 2.05) is 0 Å². The van der Waals surface area contributed by atoms with Crippen molar-refractivity contribution in [1.82, 2.24) is 9.88 Å². The van der Waals surface area contributed by atoms with Gasteiger partial charge in [-0.05, 0) is 43.9 Å². The molecule has 1 amide bonds. The Hall–Kier alpha value is -1.63. The van der Waals surface area contributed by atoms with Gasteiger partial charge in [0.05, 0.1) is 5.56 Å². The van der Waals surface area contributed by atoms with E-state index in [0.29, 0.717) is 25.6 Å². The van der Waals surface area contributed by atoms with Crippen LogP contribution >= 0.6 is 0 Å². The molecule has 0 aromatic carbocycles. The lowest BCUT2D eigenvalue weighted by Gasteiger charge is -2.31. The predicted octanol–water partition coefficient (Wildman–Crippen LogP) is 2.30. The van der Waals surface area contributed by atoms with Crippen LogP contribution in [-0.2, 0) is 6.18 Å². The lowest BCUT2D eigenvalue weighted by atomic mass is 9.93. The Morgan fingerprint density at radius 3 is 2.48 bits per heavy atom. The highest BCUT2D eigenvalue weighted by Gasteiger charge is 2.32. The van der Waals surface area contributed by atoms with Crippen LogP contribution in [0.2, 0.25) is 0 Å². The molecule has 2 N–H and O–H groups in total. The smallest absolute Gasteiger partial charge is 0.339 e. The minimum Gasteiger partial charge on any atom is -0.339 e. The summed E-state index contributed by atoms with van der Waals surface area (Å²) < 4.78 is 37.3. The molecule has 2 heterocycles. The zero-order valence-corrected chi connectivity index (χ0v) is 11.6. The summed E-state index contributed by atoms with van der Waals surface area (Å²) in [4.78, 5) is 17.2. The van der Waals surface area contributed by atoms with Gasteiger partial charge in [0.2, 0.25) is 0 Å². The van der Waals surface area contributed by atoms with Gasteiger partial charge in [0.25, 0.3) is 5.91 Å². The van der Waals surface area contributed by atoms with Crippen molar-refractivity contribution in [3.63, 3.8) is 0 Å². The van der Waals surface area contributed by atoms with Crippen LogP contribution in [0.3, 0.4) is 0 Å². The zero-order valence-electron chi connectivity index (χ0n) is 11.6. The van der Waals surface area contributed by atoms with Crippen molar-refractivity contribution in [3.05, 3.63) is 29.6 Å². The first-order valence-electron chi connectivity index (χ1n) is 6.94. The molecule has 1 aliphatic heterocycles. The van der Waals surface area contributed by atoms with E-state index in [0.717, 1.165) is 31.5 Å². The Balaban J connectivity index is 1.98. The molecule has 1 fully saturated rings. The highest BCUT2D eigenvalue weighted by atomic mass is 19.4. The Labute approximate surface area is 121 Å². The summed E-state index contributed by atoms with van der Waals surface area (Å²) in [6.07, 6.45) is -0.767. The van der Waals surface area contributed by atoms with E-state index >= 15 is 0 Å². The molecular formula is C14H18F3N3O. The summed E-state index contributed by atoms with van der Waals surface area (Å²) in [5.74, 6) is 0.271. The third kappa shape index (κ3) is 3.93. The van der Waals surface area contributed by atoms with E-state index in [1.165, 1.54) is 6.07 Å². The van der Waals surface area contributed by atoms with Crippen molar-refractivity contribution < 1.29 is 18.0 Å². The first-order chi connectivity index (χ1) is 9.91. The third-order valence-corrected chi connectivity index (χ3v) is 3.78. The first-order valence-corrected chi connectivity index (χ1v) is 6.94. The van der Waals surface area contributed by atoms with E-state index < -0.39 is 11.9 Å². The molecule has 0 radical (unpaired) electrons. The lowest BCUT2D eigenvalue weighted by molar-refractivity contribution is -0.141. The molecule has 21 heavy (non-hydrogen) atoms. The Kier molecular flexibility index (Phi) is 4.82. The minimum atomic E-state index is -4.48. The van der Waals surface area contributed by atoms with Crippen molar-refractivity contribution >= 4 is 5.91 Å². The quantitative estimate of drug-likeness (QED) is 0.932. The highest BCUT2D eigenvalue weighted by molar-refractivity contribution is 5.94. The van der Waals surface area contributed by atoms with Gasteiger partial charge in [-0.15, -0.1) is 0 Å². The monoisotopic (exact) mass is 301 g/mol. The number of carbonyl (C=O) groups excluding carboxylic acids is 1. The van der Waals surface area contributed by atoms with Gasteiger partial charge in [-0.3, -0.25) is 9.78 Å². The highest BCUT2D eigenvalue weighted by Crippen LogP contribution is 2.27. The molecule has 1 aromatic heterocycles. The SMILES string of the molecule is NCCC1CCN(C(=O)c2ccc(C(F)(F)F)nc2)CC1. The van der Waals surface area contributed by atoms with Gasteiger partial charge in [-0.1, -0.05) is 0 Å². The minimum absolute atomic E-state index is 0.195. The number of piperidine rings is 1. The van der Waals surface area contributed by atoms with E-state index in [9.17, 15) is 18.0 Å². The van der Waals surface area contributed by atoms with E-state index in [1.54, 1.807) is 4.90 Å². The summed E-state index contributed by atoms with van der Waals surface area (Å²) >= 11 is 0. The van der Waals surface area contributed by atoms with Crippen LogP contribution in [0.15, 0.2) is 18.3 Å². The van der Waals surface area contributed by atoms with Crippen LogP contribution in [0.1, 0.15) is 35.3 Å². The number of pyridine rings is 1. The summed E-state index contributed by atoms with van der Waals surface area (Å²) in [7, 11) is 0. The van der Waals surface area contributed by atoms with E-state index in [-0.39, 0.29) is 11.5 Å². The Morgan fingerprint density at radius 2 is 2.00 bits per heavy atom. The average Bonchev–Trinajstić information content (AvgIpc) is 2.47. The standard InChI is InChI=1S/C14H18F3N3O/c15-14(16,17)12-2-1-11(9-19-12)13(21)20-7-4-10(3-6-18)5-8-20/h1-2,9-10H,3-8,18H2. The van der Waals surface area contributed by atoms with Gasteiger partial charge in [0.1, 0.15) is 5.69 Å². The number of nitrogens with two attached hydrogens (primary N) is 1. The topological polar surface area (TPSA) is 59.2 Å². The molecule has 4 nitrogen and oxygen atoms in total. The molecule has 0 bridgehead atoms. The third-order valence-electron chi connectivity index (χ3n) is 3.78. The average molecular weight is 301 g/mol. The number of rotatable bonds is 3. The Morgan fingerprint density at radius 1 is 1.33 bits per heavy atom. The largest absolute Gasteiger partial charge is 0.433 e. The maximum absolute atomic E-state index is 12.4. The maximum Gasteiger partial charge on any atom is 0.433 e. The van der Waals surface area contributed by atoms with Crippen LogP contribution < -0.4 is 5.73 Å². The van der Waals surface area contributed by atoms with Gasteiger partial charge in [0.15, 0.2) is 0 Å². The number of amides is 1. The van der Waals surface area contributed by atoms with Crippen molar-refractivity contribution in [2.75, 3.05) is 19.6 Å². The number of hydrogen-bond donors (Lipinski definition) is 1. The summed E-state index contributed by atoms with van der Waals surface area (Å²) in [6, 6.07) is 2.03. The fourth-order valence-corrected chi connectivity index (χ4v) is 2.53. The number of halogens is 3. The Bertz CT molecular complexity index is 479. The van der Waals surface area contributed by atoms with Gasteiger partial charge >= 0.3 is 6.18 Å². The number of likely N-dealkylation sites (tertiary alicyclic amines) is 1. The van der Waals surface area contributed by atoms with Crippen LogP contribution in [0.5, 0.6) is 0 Å². The van der Waals surface area contributed by atoms with Crippen molar-refractivity contribution in [2.45, 2.75) is 25.4 Å². The van der Waals surface area contributed by atoms with Crippen molar-refractivity contribution in [1.29, 1.82) is 0 Å². The fraction of sp³-hybridized carbons (Fsp3) is 0.571. The molecule has 0 aliphatic carbocycles. The summed E-state index contributed by atoms with van der Waals surface area (Å²) in [5, 5.41) is 0. The summed E-state index contributed by atoms with van der Waals surface area (Å²) in [5.41, 5.74) is 4.72. The van der Waals surface area contributed by atoms with Crippen LogP contribution in [0, 0.1) is 5.92 Å². The van der Waals surface area contributed by atoms with E-state index in [4.69, 9.17) is 5.73 Å². The molecule has 1 aliphatic rings. The molecule has 1 aromatic rings. The van der Waals surface area contributed by atoms with Crippen LogP contribution in [0.4, 0.5) is 13.2 Å². The molecule has 1 saturated heterocycles. The lowest BCUT2D eigenvalue weighted by Crippen LogP contribution is -2.38. The fourth-order valence-electron chi connectivity index (χ4n) is 2.53. The van der Waals surface area contributed by atoms with Gasteiger partial charge < -0.3 is 10.6 Å². The maximum atomic E-state index is 12.4. The second-order valence-electron chi connectivity index (χ2n) is 5.24. The van der Waals surface area contributed by atoms with Gasteiger partial charge in [-0.25, -0.2) is 0 Å². The second kappa shape index (κ2) is 6.43. The number of aromatic nitrogens is 1. The molecule has 0 atom stereocenters. The number of alkyl halides is 3. The predicted molar refractivity (Wildman–Crippen MR) is 71.5 cm³/mol. The molecule has 2 rings (SSSR count). The number of carbonyl (C=O) groups is 1. The number of nitrogens with zero attached hydrogens (tertiary/aromatic N) is 2. The second-order valence-corrected chi connectivity index (χ2v) is 5.24. The molecule has 0 unspecified atom stereocenters. The summed E-state index contributed by atoms with van der Waals surface area (Å²) in [6.45, 7) is 1.87. The first kappa shape index (κ1) is 15.8. The zero-order chi connectivity index (χ0) is 15.5. The van der Waals surface area contributed by atoms with Crippen molar-refractivity contribution in [2.24, 2.45) is 11.7 Å². The molecular weight excluding hydrogens is 283 g/mol.